The Balaban J connectivity index is 3.51. The third-order valence-corrected chi connectivity index (χ3v) is 2.45. The molecule has 0 aromatic heterocycles. The second-order valence-corrected chi connectivity index (χ2v) is 3.60. The Morgan fingerprint density at radius 3 is 2.33 bits per heavy atom. The summed E-state index contributed by atoms with van der Waals surface area (Å²) in [6.45, 7) is 8.50. The lowest BCUT2D eigenvalue weighted by molar-refractivity contribution is 0.388. The zero-order valence-corrected chi connectivity index (χ0v) is 8.77. The van der Waals surface area contributed by atoms with Gasteiger partial charge >= 0.3 is 0 Å². The van der Waals surface area contributed by atoms with Gasteiger partial charge in [0, 0.05) is 19.1 Å². The Morgan fingerprint density at radius 1 is 1.25 bits per heavy atom. The fourth-order valence-corrected chi connectivity index (χ4v) is 1.33. The molecule has 3 N–H and O–H groups in total. The molecule has 0 aliphatic rings. The fourth-order valence-electron chi connectivity index (χ4n) is 1.33. The number of nitrogens with two attached hydrogens (primary N) is 1. The lowest BCUT2D eigenvalue weighted by atomic mass is 9.98. The summed E-state index contributed by atoms with van der Waals surface area (Å²) in [4.78, 5) is 0. The van der Waals surface area contributed by atoms with Crippen LogP contribution in [0.5, 0.6) is 0 Å². The van der Waals surface area contributed by atoms with Crippen LogP contribution >= 0.6 is 0 Å². The fraction of sp³-hybridized carbons (Fsp3) is 1.00. The van der Waals surface area contributed by atoms with E-state index in [1.165, 1.54) is 19.3 Å². The number of hydrogen-bond donors (Lipinski definition) is 2. The maximum absolute atomic E-state index is 5.43. The number of hydrogen-bond acceptors (Lipinski definition) is 2. The molecule has 0 aliphatic carbocycles. The van der Waals surface area contributed by atoms with Gasteiger partial charge in [-0.3, -0.25) is 0 Å². The van der Waals surface area contributed by atoms with E-state index in [2.05, 4.69) is 26.1 Å². The maximum atomic E-state index is 5.43. The third kappa shape index (κ3) is 5.56. The summed E-state index contributed by atoms with van der Waals surface area (Å²) in [7, 11) is 0. The van der Waals surface area contributed by atoms with Crippen LogP contribution in [-0.4, -0.2) is 19.1 Å². The van der Waals surface area contributed by atoms with E-state index in [4.69, 9.17) is 5.73 Å². The molecule has 74 valence electrons. The zero-order valence-electron chi connectivity index (χ0n) is 8.77. The first-order valence-electron chi connectivity index (χ1n) is 5.18. The summed E-state index contributed by atoms with van der Waals surface area (Å²) >= 11 is 0. The van der Waals surface area contributed by atoms with Crippen molar-refractivity contribution in [2.45, 2.75) is 46.1 Å². The Bertz CT molecular complexity index is 93.8. The van der Waals surface area contributed by atoms with Crippen molar-refractivity contribution in [1.82, 2.24) is 5.32 Å². The summed E-state index contributed by atoms with van der Waals surface area (Å²) in [5, 5.41) is 3.46. The lowest BCUT2D eigenvalue weighted by Crippen LogP contribution is -2.34. The molecule has 0 bridgehead atoms. The van der Waals surface area contributed by atoms with Gasteiger partial charge in [-0.15, -0.1) is 0 Å². The molecule has 0 saturated carbocycles. The highest BCUT2D eigenvalue weighted by atomic mass is 14.9. The molecule has 0 aromatic rings. The van der Waals surface area contributed by atoms with Crippen LogP contribution in [0.3, 0.4) is 0 Å². The van der Waals surface area contributed by atoms with Crippen LogP contribution in [-0.2, 0) is 0 Å². The predicted molar refractivity (Wildman–Crippen MR) is 55.2 cm³/mol. The molecule has 0 heterocycles. The topological polar surface area (TPSA) is 38.0 Å². The Morgan fingerprint density at radius 2 is 1.92 bits per heavy atom. The van der Waals surface area contributed by atoms with E-state index in [0.717, 1.165) is 19.0 Å². The SMILES string of the molecule is CCC(C)CC(CC)NCCN. The first-order chi connectivity index (χ1) is 5.74. The van der Waals surface area contributed by atoms with Gasteiger partial charge in [-0.2, -0.15) is 0 Å². The van der Waals surface area contributed by atoms with Crippen LogP contribution in [0.1, 0.15) is 40.0 Å². The van der Waals surface area contributed by atoms with Crippen molar-refractivity contribution in [1.29, 1.82) is 0 Å². The molecule has 0 aliphatic heterocycles. The molecule has 0 radical (unpaired) electrons. The van der Waals surface area contributed by atoms with Gasteiger partial charge in [0.1, 0.15) is 0 Å². The largest absolute Gasteiger partial charge is 0.329 e. The molecule has 0 rings (SSSR count). The van der Waals surface area contributed by atoms with E-state index in [9.17, 15) is 0 Å². The molecule has 2 nitrogen and oxygen atoms in total. The van der Waals surface area contributed by atoms with E-state index >= 15 is 0 Å². The molecular weight excluding hydrogens is 148 g/mol. The quantitative estimate of drug-likeness (QED) is 0.614. The smallest absolute Gasteiger partial charge is 0.00770 e. The molecule has 0 fully saturated rings. The van der Waals surface area contributed by atoms with Crippen LogP contribution in [0, 0.1) is 5.92 Å². The van der Waals surface area contributed by atoms with Gasteiger partial charge in [0.05, 0.1) is 0 Å². The van der Waals surface area contributed by atoms with Gasteiger partial charge in [-0.25, -0.2) is 0 Å². The van der Waals surface area contributed by atoms with Gasteiger partial charge in [-0.05, 0) is 18.8 Å². The van der Waals surface area contributed by atoms with E-state index in [0.29, 0.717) is 6.04 Å². The summed E-state index contributed by atoms with van der Waals surface area (Å²) in [6, 6.07) is 0.670. The minimum absolute atomic E-state index is 0.670. The van der Waals surface area contributed by atoms with Crippen molar-refractivity contribution >= 4 is 0 Å². The van der Waals surface area contributed by atoms with Crippen molar-refractivity contribution in [2.75, 3.05) is 13.1 Å². The van der Waals surface area contributed by atoms with Crippen molar-refractivity contribution in [3.8, 4) is 0 Å². The molecule has 0 spiro atoms. The highest BCUT2D eigenvalue weighted by Crippen LogP contribution is 2.11. The molecule has 0 amide bonds. The van der Waals surface area contributed by atoms with Crippen molar-refractivity contribution < 1.29 is 0 Å². The van der Waals surface area contributed by atoms with Gasteiger partial charge in [0.25, 0.3) is 0 Å². The second-order valence-electron chi connectivity index (χ2n) is 3.60. The third-order valence-electron chi connectivity index (χ3n) is 2.45. The Kier molecular flexibility index (Phi) is 7.51. The zero-order chi connectivity index (χ0) is 9.40. The highest BCUT2D eigenvalue weighted by molar-refractivity contribution is 4.67. The summed E-state index contributed by atoms with van der Waals surface area (Å²) in [6.07, 6.45) is 3.78. The van der Waals surface area contributed by atoms with Crippen molar-refractivity contribution in [3.05, 3.63) is 0 Å². The van der Waals surface area contributed by atoms with Crippen LogP contribution in [0.2, 0.25) is 0 Å². The van der Waals surface area contributed by atoms with Crippen molar-refractivity contribution in [3.63, 3.8) is 0 Å². The number of rotatable bonds is 7. The van der Waals surface area contributed by atoms with E-state index in [1.54, 1.807) is 0 Å². The average molecular weight is 172 g/mol. The first-order valence-corrected chi connectivity index (χ1v) is 5.18. The molecule has 2 heteroatoms. The van der Waals surface area contributed by atoms with Crippen LogP contribution in [0.15, 0.2) is 0 Å². The standard InChI is InChI=1S/C10H24N2/c1-4-9(3)8-10(5-2)12-7-6-11/h9-10,12H,4-8,11H2,1-3H3. The highest BCUT2D eigenvalue weighted by Gasteiger charge is 2.08. The summed E-state index contributed by atoms with van der Waals surface area (Å²) < 4.78 is 0. The lowest BCUT2D eigenvalue weighted by Gasteiger charge is -2.19. The molecule has 12 heavy (non-hydrogen) atoms. The van der Waals surface area contributed by atoms with E-state index < -0.39 is 0 Å². The van der Waals surface area contributed by atoms with Crippen LogP contribution in [0.25, 0.3) is 0 Å². The van der Waals surface area contributed by atoms with Crippen LogP contribution < -0.4 is 11.1 Å². The van der Waals surface area contributed by atoms with Gasteiger partial charge < -0.3 is 11.1 Å². The molecule has 0 aromatic carbocycles. The molecular formula is C10H24N2. The first kappa shape index (κ1) is 11.9. The monoisotopic (exact) mass is 172 g/mol. The summed E-state index contributed by atoms with van der Waals surface area (Å²) in [5.41, 5.74) is 5.43. The Hall–Kier alpha value is -0.0800. The van der Waals surface area contributed by atoms with Gasteiger partial charge in [0.2, 0.25) is 0 Å². The van der Waals surface area contributed by atoms with Crippen LogP contribution in [0.4, 0.5) is 0 Å². The minimum atomic E-state index is 0.670. The molecule has 0 saturated heterocycles. The van der Waals surface area contributed by atoms with Gasteiger partial charge in [0.15, 0.2) is 0 Å². The normalized spacial score (nSPS) is 16.0. The summed E-state index contributed by atoms with van der Waals surface area (Å²) in [5.74, 6) is 0.834. The number of nitrogens with one attached hydrogen (secondary N) is 1. The predicted octanol–water partition coefficient (Wildman–Crippen LogP) is 1.75. The maximum Gasteiger partial charge on any atom is 0.00770 e. The average Bonchev–Trinajstić information content (AvgIpc) is 2.11. The van der Waals surface area contributed by atoms with Crippen molar-refractivity contribution in [2.24, 2.45) is 11.7 Å². The van der Waals surface area contributed by atoms with Gasteiger partial charge in [-0.1, -0.05) is 27.2 Å². The molecule has 2 unspecified atom stereocenters. The Labute approximate surface area is 76.9 Å². The second kappa shape index (κ2) is 7.56. The van der Waals surface area contributed by atoms with E-state index in [1.807, 2.05) is 0 Å². The molecule has 2 atom stereocenters. The van der Waals surface area contributed by atoms with E-state index in [-0.39, 0.29) is 0 Å². The minimum Gasteiger partial charge on any atom is -0.329 e.